The van der Waals surface area contributed by atoms with Crippen LogP contribution in [0.2, 0.25) is 0 Å². The molecule has 0 aliphatic rings. The Labute approximate surface area is 189 Å². The second-order valence-corrected chi connectivity index (χ2v) is 8.69. The summed E-state index contributed by atoms with van der Waals surface area (Å²) in [6.07, 6.45) is 2.92. The van der Waals surface area contributed by atoms with Gasteiger partial charge in [0.1, 0.15) is 23.7 Å². The number of carbonyl (C=O) groups excluding carboxylic acids is 1. The van der Waals surface area contributed by atoms with Crippen molar-refractivity contribution in [2.75, 3.05) is 17.6 Å². The molecule has 0 spiro atoms. The van der Waals surface area contributed by atoms with Crippen molar-refractivity contribution in [2.24, 2.45) is 0 Å². The minimum atomic E-state index is -0.592. The fraction of sp³-hybridized carbons (Fsp3) is 0.227. The van der Waals surface area contributed by atoms with Gasteiger partial charge in [0, 0.05) is 22.8 Å². The number of aryl methyl sites for hydroxylation is 1. The highest BCUT2D eigenvalue weighted by Gasteiger charge is 2.24. The molecule has 0 saturated heterocycles. The molecule has 0 bridgehead atoms. The molecule has 1 aromatic carbocycles. The molecule has 2 heterocycles. The lowest BCUT2D eigenvalue weighted by Crippen LogP contribution is -2.44. The van der Waals surface area contributed by atoms with Gasteiger partial charge in [-0.15, -0.1) is 0 Å². The van der Waals surface area contributed by atoms with E-state index in [4.69, 9.17) is 11.1 Å². The van der Waals surface area contributed by atoms with E-state index in [9.17, 15) is 4.79 Å². The molecule has 8 nitrogen and oxygen atoms in total. The molecule has 0 unspecified atom stereocenters. The Bertz CT molecular complexity index is 1110. The van der Waals surface area contributed by atoms with E-state index in [2.05, 4.69) is 41.5 Å². The molecule has 0 fully saturated rings. The van der Waals surface area contributed by atoms with E-state index in [-0.39, 0.29) is 17.4 Å². The van der Waals surface area contributed by atoms with Gasteiger partial charge in [-0.1, -0.05) is 45.8 Å². The molecule has 1 amide bonds. The van der Waals surface area contributed by atoms with Crippen molar-refractivity contribution in [2.45, 2.75) is 26.3 Å². The van der Waals surface area contributed by atoms with E-state index in [1.807, 2.05) is 45.0 Å². The zero-order valence-electron chi connectivity index (χ0n) is 17.5. The summed E-state index contributed by atoms with van der Waals surface area (Å²) < 4.78 is 0.778. The number of hydrogen-bond acceptors (Lipinski definition) is 7. The number of hydrogen-bond donors (Lipinski definition) is 4. The van der Waals surface area contributed by atoms with Crippen molar-refractivity contribution in [1.29, 1.82) is 5.41 Å². The van der Waals surface area contributed by atoms with Crippen LogP contribution in [0.4, 0.5) is 11.6 Å². The van der Waals surface area contributed by atoms with Crippen molar-refractivity contribution in [3.05, 3.63) is 75.8 Å². The summed E-state index contributed by atoms with van der Waals surface area (Å²) in [5, 5.41) is 14.8. The number of halogens is 1. The highest BCUT2D eigenvalue weighted by Crippen LogP contribution is 2.24. The minimum absolute atomic E-state index is 0.209. The van der Waals surface area contributed by atoms with Gasteiger partial charge in [0.05, 0.1) is 16.8 Å². The van der Waals surface area contributed by atoms with Gasteiger partial charge in [0.15, 0.2) is 0 Å². The second-order valence-electron chi connectivity index (χ2n) is 7.77. The molecule has 9 heteroatoms. The van der Waals surface area contributed by atoms with Crippen LogP contribution in [-0.2, 0) is 0 Å². The van der Waals surface area contributed by atoms with Crippen molar-refractivity contribution in [3.63, 3.8) is 0 Å². The Hall–Kier alpha value is -3.33. The molecule has 0 aliphatic carbocycles. The first-order valence-electron chi connectivity index (χ1n) is 9.61. The number of aromatic nitrogens is 3. The zero-order valence-corrected chi connectivity index (χ0v) is 19.1. The largest absolute Gasteiger partial charge is 0.383 e. The van der Waals surface area contributed by atoms with E-state index in [0.29, 0.717) is 29.2 Å². The fourth-order valence-electron chi connectivity index (χ4n) is 2.89. The molecule has 0 radical (unpaired) electrons. The standard InChI is InChI=1S/C22H24BrN7O/c1-13-4-6-14(7-5-13)18(24)17-19(25)28-12-29-20(17)30-22(2,3)11-27-21(31)16-10-15(23)8-9-26-16/h4-10,12,24H,11H2,1-3H3,(H,27,31)(H3,25,28,29,30). The van der Waals surface area contributed by atoms with Gasteiger partial charge < -0.3 is 16.4 Å². The third-order valence-electron chi connectivity index (χ3n) is 4.57. The number of carbonyl (C=O) groups is 1. The number of benzene rings is 1. The molecule has 2 aromatic heterocycles. The Morgan fingerprint density at radius 1 is 1.16 bits per heavy atom. The number of anilines is 2. The summed E-state index contributed by atoms with van der Waals surface area (Å²) in [7, 11) is 0. The van der Waals surface area contributed by atoms with Crippen molar-refractivity contribution < 1.29 is 4.79 Å². The summed E-state index contributed by atoms with van der Waals surface area (Å²) in [4.78, 5) is 24.9. The van der Waals surface area contributed by atoms with Gasteiger partial charge in [-0.25, -0.2) is 9.97 Å². The Balaban J connectivity index is 1.78. The minimum Gasteiger partial charge on any atom is -0.383 e. The zero-order chi connectivity index (χ0) is 22.6. The molecule has 0 aliphatic heterocycles. The van der Waals surface area contributed by atoms with Crippen molar-refractivity contribution in [1.82, 2.24) is 20.3 Å². The molecule has 3 aromatic rings. The molecule has 3 rings (SSSR count). The first kappa shape index (κ1) is 22.4. The predicted molar refractivity (Wildman–Crippen MR) is 126 cm³/mol. The number of nitrogens with zero attached hydrogens (tertiary/aromatic N) is 3. The van der Waals surface area contributed by atoms with Gasteiger partial charge in [-0.05, 0) is 32.9 Å². The van der Waals surface area contributed by atoms with Crippen LogP contribution in [0, 0.1) is 12.3 Å². The highest BCUT2D eigenvalue weighted by atomic mass is 79.9. The molecule has 31 heavy (non-hydrogen) atoms. The van der Waals surface area contributed by atoms with Gasteiger partial charge in [-0.3, -0.25) is 15.2 Å². The van der Waals surface area contributed by atoms with E-state index >= 15 is 0 Å². The Kier molecular flexibility index (Phi) is 6.65. The molecular formula is C22H24BrN7O. The van der Waals surface area contributed by atoms with Gasteiger partial charge >= 0.3 is 0 Å². The topological polar surface area (TPSA) is 130 Å². The lowest BCUT2D eigenvalue weighted by molar-refractivity contribution is 0.0942. The Morgan fingerprint density at radius 3 is 2.55 bits per heavy atom. The molecule has 5 N–H and O–H groups in total. The number of rotatable bonds is 7. The van der Waals surface area contributed by atoms with Crippen LogP contribution in [0.15, 0.2) is 53.4 Å². The summed E-state index contributed by atoms with van der Waals surface area (Å²) in [5.74, 6) is 0.352. The summed E-state index contributed by atoms with van der Waals surface area (Å²) in [6, 6.07) is 11.0. The van der Waals surface area contributed by atoms with Crippen LogP contribution in [-0.4, -0.2) is 38.7 Å². The highest BCUT2D eigenvalue weighted by molar-refractivity contribution is 9.10. The van der Waals surface area contributed by atoms with Crippen LogP contribution in [0.5, 0.6) is 0 Å². The predicted octanol–water partition coefficient (Wildman–Crippen LogP) is 3.56. The molecule has 0 saturated carbocycles. The van der Waals surface area contributed by atoms with Crippen LogP contribution in [0.25, 0.3) is 0 Å². The van der Waals surface area contributed by atoms with Crippen LogP contribution in [0.3, 0.4) is 0 Å². The molecular weight excluding hydrogens is 458 g/mol. The maximum Gasteiger partial charge on any atom is 0.269 e. The summed E-state index contributed by atoms with van der Waals surface area (Å²) in [6.45, 7) is 6.11. The SMILES string of the molecule is Cc1ccc(C(=N)c2c(N)ncnc2NC(C)(C)CNC(=O)c2cc(Br)ccn2)cc1. The number of nitrogens with one attached hydrogen (secondary N) is 3. The van der Waals surface area contributed by atoms with E-state index in [1.54, 1.807) is 18.3 Å². The lowest BCUT2D eigenvalue weighted by atomic mass is 10.00. The number of nitrogens with two attached hydrogens (primary N) is 1. The van der Waals surface area contributed by atoms with Crippen LogP contribution >= 0.6 is 15.9 Å². The van der Waals surface area contributed by atoms with E-state index in [0.717, 1.165) is 10.0 Å². The third kappa shape index (κ3) is 5.64. The number of pyridine rings is 1. The van der Waals surface area contributed by atoms with Crippen LogP contribution < -0.4 is 16.4 Å². The quantitative estimate of drug-likeness (QED) is 0.381. The summed E-state index contributed by atoms with van der Waals surface area (Å²) in [5.41, 5.74) is 8.28. The van der Waals surface area contributed by atoms with Gasteiger partial charge in [0.25, 0.3) is 5.91 Å². The average molecular weight is 482 g/mol. The maximum atomic E-state index is 12.4. The first-order valence-corrected chi connectivity index (χ1v) is 10.4. The normalized spacial score (nSPS) is 11.1. The van der Waals surface area contributed by atoms with Gasteiger partial charge in [0.2, 0.25) is 0 Å². The second kappa shape index (κ2) is 9.22. The smallest absolute Gasteiger partial charge is 0.269 e. The van der Waals surface area contributed by atoms with Crippen LogP contribution in [0.1, 0.15) is 41.0 Å². The average Bonchev–Trinajstić information content (AvgIpc) is 2.72. The number of nitrogen functional groups attached to an aromatic ring is 1. The number of amides is 1. The first-order chi connectivity index (χ1) is 14.7. The van der Waals surface area contributed by atoms with Gasteiger partial charge in [-0.2, -0.15) is 0 Å². The summed E-state index contributed by atoms with van der Waals surface area (Å²) >= 11 is 3.34. The lowest BCUT2D eigenvalue weighted by Gasteiger charge is -2.28. The maximum absolute atomic E-state index is 12.4. The third-order valence-corrected chi connectivity index (χ3v) is 5.06. The molecule has 0 atom stereocenters. The van der Waals surface area contributed by atoms with Crippen molar-refractivity contribution in [3.8, 4) is 0 Å². The van der Waals surface area contributed by atoms with E-state index < -0.39 is 5.54 Å². The fourth-order valence-corrected chi connectivity index (χ4v) is 3.23. The van der Waals surface area contributed by atoms with E-state index in [1.165, 1.54) is 6.33 Å². The van der Waals surface area contributed by atoms with Crippen molar-refractivity contribution >= 4 is 39.2 Å². The monoisotopic (exact) mass is 481 g/mol. The molecule has 160 valence electrons. The Morgan fingerprint density at radius 2 is 1.87 bits per heavy atom.